The Hall–Kier alpha value is -4.00. The molecule has 0 aliphatic rings. The van der Waals surface area contributed by atoms with E-state index < -0.39 is 17.1 Å². The van der Waals surface area contributed by atoms with E-state index in [1.165, 1.54) is 6.33 Å². The van der Waals surface area contributed by atoms with Crippen molar-refractivity contribution in [1.29, 1.82) is 0 Å². The van der Waals surface area contributed by atoms with Gasteiger partial charge in [0.05, 0.1) is 25.2 Å². The third kappa shape index (κ3) is 7.53. The summed E-state index contributed by atoms with van der Waals surface area (Å²) < 4.78 is 24.9. The van der Waals surface area contributed by atoms with Gasteiger partial charge in [-0.3, -0.25) is 4.79 Å². The van der Waals surface area contributed by atoms with E-state index in [4.69, 9.17) is 9.47 Å². The van der Waals surface area contributed by atoms with E-state index >= 15 is 0 Å². The molecule has 2 aromatic carbocycles. The molecule has 9 heteroatoms. The number of carbonyl (C=O) groups is 1. The Morgan fingerprint density at radius 1 is 1.15 bits per heavy atom. The second kappa shape index (κ2) is 13.2. The lowest BCUT2D eigenvalue weighted by molar-refractivity contribution is -0.137. The lowest BCUT2D eigenvalue weighted by Crippen LogP contribution is -2.08. The molecule has 0 fully saturated rings. The summed E-state index contributed by atoms with van der Waals surface area (Å²) in [6.45, 7) is 4.54. The van der Waals surface area contributed by atoms with Gasteiger partial charge in [-0.05, 0) is 60.9 Å². The maximum absolute atomic E-state index is 11.2. The Morgan fingerprint density at radius 2 is 1.92 bits per heavy atom. The second-order valence-corrected chi connectivity index (χ2v) is 10.7. The van der Waals surface area contributed by atoms with E-state index in [9.17, 15) is 14.5 Å². The Balaban J connectivity index is 1.50. The van der Waals surface area contributed by atoms with E-state index in [1.807, 2.05) is 55.6 Å². The molecular weight excluding hydrogens is 514 g/mol. The first-order valence-corrected chi connectivity index (χ1v) is 14.3. The van der Waals surface area contributed by atoms with Crippen LogP contribution in [0, 0.1) is 18.8 Å². The quantitative estimate of drug-likeness (QED) is 0.151. The number of carboxylic acids is 1. The Bertz CT molecular complexity index is 1490. The second-order valence-electron chi connectivity index (χ2n) is 9.14. The lowest BCUT2D eigenvalue weighted by Gasteiger charge is -2.13. The van der Waals surface area contributed by atoms with Crippen molar-refractivity contribution < 1.29 is 23.9 Å². The summed E-state index contributed by atoms with van der Waals surface area (Å²) in [5.74, 6) is 6.59. The Morgan fingerprint density at radius 3 is 2.62 bits per heavy atom. The molecular formula is C30H31N3O5S. The van der Waals surface area contributed by atoms with Crippen LogP contribution in [0.4, 0.5) is 0 Å². The summed E-state index contributed by atoms with van der Waals surface area (Å²) in [6, 6.07) is 15.4. The van der Waals surface area contributed by atoms with Crippen molar-refractivity contribution in [1.82, 2.24) is 14.6 Å². The van der Waals surface area contributed by atoms with Crippen LogP contribution in [0.3, 0.4) is 0 Å². The SMILES string of the molecule is CC#C[C@@H](CC(=O)O)c1ccc(OCc2cc(-c3ccc(OCCC[S+](C)[O-])cc3C)cn3ncnc23)cc1. The molecule has 0 amide bonds. The first-order chi connectivity index (χ1) is 18.8. The van der Waals surface area contributed by atoms with Crippen molar-refractivity contribution >= 4 is 22.8 Å². The summed E-state index contributed by atoms with van der Waals surface area (Å²) >= 11 is -0.815. The number of aliphatic carboxylic acids is 1. The van der Waals surface area contributed by atoms with Gasteiger partial charge in [0.25, 0.3) is 0 Å². The van der Waals surface area contributed by atoms with Gasteiger partial charge in [-0.2, -0.15) is 5.10 Å². The topological polar surface area (TPSA) is 109 Å². The van der Waals surface area contributed by atoms with Gasteiger partial charge in [0.15, 0.2) is 5.65 Å². The molecule has 0 radical (unpaired) electrons. The highest BCUT2D eigenvalue weighted by molar-refractivity contribution is 7.90. The van der Waals surface area contributed by atoms with Crippen molar-refractivity contribution in [2.45, 2.75) is 39.2 Å². The van der Waals surface area contributed by atoms with E-state index in [-0.39, 0.29) is 18.9 Å². The zero-order chi connectivity index (χ0) is 27.8. The molecule has 0 bridgehead atoms. The molecule has 0 aliphatic heterocycles. The minimum absolute atomic E-state index is 0.0494. The molecule has 0 saturated carbocycles. The van der Waals surface area contributed by atoms with Gasteiger partial charge in [-0.25, -0.2) is 9.50 Å². The molecule has 8 nitrogen and oxygen atoms in total. The minimum atomic E-state index is -0.886. The Labute approximate surface area is 231 Å². The fourth-order valence-electron chi connectivity index (χ4n) is 4.31. The van der Waals surface area contributed by atoms with Gasteiger partial charge >= 0.3 is 5.97 Å². The highest BCUT2D eigenvalue weighted by Gasteiger charge is 2.14. The molecule has 0 aliphatic carbocycles. The van der Waals surface area contributed by atoms with Crippen LogP contribution in [0.25, 0.3) is 16.8 Å². The largest absolute Gasteiger partial charge is 0.617 e. The summed E-state index contributed by atoms with van der Waals surface area (Å²) in [7, 11) is 0. The number of carboxylic acid groups (broad SMARTS) is 1. The average Bonchev–Trinajstić information content (AvgIpc) is 3.38. The van der Waals surface area contributed by atoms with E-state index in [0.29, 0.717) is 23.8 Å². The van der Waals surface area contributed by atoms with Gasteiger partial charge in [-0.1, -0.05) is 35.3 Å². The third-order valence-electron chi connectivity index (χ3n) is 6.18. The zero-order valence-electron chi connectivity index (χ0n) is 22.2. The van der Waals surface area contributed by atoms with E-state index in [1.54, 1.807) is 17.7 Å². The van der Waals surface area contributed by atoms with Crippen LogP contribution < -0.4 is 9.47 Å². The summed E-state index contributed by atoms with van der Waals surface area (Å²) in [4.78, 5) is 15.6. The predicted molar refractivity (Wildman–Crippen MR) is 151 cm³/mol. The fourth-order valence-corrected chi connectivity index (χ4v) is 4.83. The number of fused-ring (bicyclic) bond motifs is 1. The zero-order valence-corrected chi connectivity index (χ0v) is 23.0. The molecule has 0 saturated heterocycles. The molecule has 4 aromatic rings. The van der Waals surface area contributed by atoms with Crippen LogP contribution in [0.5, 0.6) is 11.5 Å². The van der Waals surface area contributed by atoms with Crippen LogP contribution in [0.2, 0.25) is 0 Å². The maximum atomic E-state index is 11.2. The number of aromatic nitrogens is 3. The van der Waals surface area contributed by atoms with Crippen molar-refractivity contribution in [2.24, 2.45) is 0 Å². The molecule has 0 spiro atoms. The Kier molecular flexibility index (Phi) is 9.47. The average molecular weight is 546 g/mol. The van der Waals surface area contributed by atoms with Crippen molar-refractivity contribution in [3.63, 3.8) is 0 Å². The van der Waals surface area contributed by atoms with Crippen molar-refractivity contribution in [2.75, 3.05) is 18.6 Å². The molecule has 2 heterocycles. The fraction of sp³-hybridized carbons (Fsp3) is 0.300. The van der Waals surface area contributed by atoms with Crippen LogP contribution in [-0.4, -0.2) is 48.8 Å². The first-order valence-electron chi connectivity index (χ1n) is 12.6. The van der Waals surface area contributed by atoms with Gasteiger partial charge in [0.2, 0.25) is 0 Å². The van der Waals surface area contributed by atoms with Crippen molar-refractivity contribution in [3.8, 4) is 34.5 Å². The van der Waals surface area contributed by atoms with Crippen molar-refractivity contribution in [3.05, 3.63) is 77.7 Å². The number of rotatable bonds is 12. The van der Waals surface area contributed by atoms with Crippen LogP contribution in [0.1, 0.15) is 42.4 Å². The standard InChI is InChI=1S/C30H31N3O5S/c1-4-6-23(17-29(34)35)22-7-9-26(10-8-22)38-19-25-16-24(18-33-30(25)31-20-32-33)28-12-11-27(15-21(28)2)37-13-5-14-39(3)36/h7-12,15-16,18,20,23H,5,13-14,17,19H2,1-3H3,(H,34,35)/t23-,39?/m0/s1. The number of hydrogen-bond donors (Lipinski definition) is 1. The van der Waals surface area contributed by atoms with Gasteiger partial charge in [-0.15, -0.1) is 5.92 Å². The summed E-state index contributed by atoms with van der Waals surface area (Å²) in [5.41, 5.74) is 5.50. The first kappa shape index (κ1) is 28.0. The molecule has 1 N–H and O–H groups in total. The number of hydrogen-bond acceptors (Lipinski definition) is 6. The van der Waals surface area contributed by atoms with E-state index in [2.05, 4.69) is 28.0 Å². The molecule has 39 heavy (non-hydrogen) atoms. The molecule has 202 valence electrons. The molecule has 4 rings (SSSR count). The number of benzene rings is 2. The van der Waals surface area contributed by atoms with Gasteiger partial charge in [0, 0.05) is 23.7 Å². The number of aryl methyl sites for hydroxylation is 1. The summed E-state index contributed by atoms with van der Waals surface area (Å²) in [6.07, 6.45) is 5.85. The normalized spacial score (nSPS) is 12.4. The third-order valence-corrected chi connectivity index (χ3v) is 7.04. The molecule has 1 unspecified atom stereocenters. The highest BCUT2D eigenvalue weighted by atomic mass is 32.2. The van der Waals surface area contributed by atoms with Gasteiger partial charge < -0.3 is 19.1 Å². The van der Waals surface area contributed by atoms with Crippen LogP contribution >= 0.6 is 0 Å². The monoisotopic (exact) mass is 545 g/mol. The van der Waals surface area contributed by atoms with Crippen LogP contribution in [0.15, 0.2) is 61.1 Å². The molecule has 2 aromatic heterocycles. The van der Waals surface area contributed by atoms with Gasteiger partial charge in [0.1, 0.15) is 30.2 Å². The predicted octanol–water partition coefficient (Wildman–Crippen LogP) is 5.01. The number of ether oxygens (including phenoxy) is 2. The number of pyridine rings is 1. The van der Waals surface area contributed by atoms with Crippen LogP contribution in [-0.2, 0) is 22.6 Å². The highest BCUT2D eigenvalue weighted by Crippen LogP contribution is 2.29. The summed E-state index contributed by atoms with van der Waals surface area (Å²) in [5, 5.41) is 13.5. The molecule has 2 atom stereocenters. The lowest BCUT2D eigenvalue weighted by atomic mass is 9.96. The van der Waals surface area contributed by atoms with E-state index in [0.717, 1.165) is 40.0 Å². The smallest absolute Gasteiger partial charge is 0.304 e. The minimum Gasteiger partial charge on any atom is -0.617 e. The maximum Gasteiger partial charge on any atom is 0.304 e. The number of nitrogens with zero attached hydrogens (tertiary/aromatic N) is 3.